The largest absolute Gasteiger partial charge is 0.423 e. The SMILES string of the molecule is O=C(Oc1cccc(/C=C2\Cc3ccccc3C2=O)c1)c1ccc(F)cc1. The van der Waals surface area contributed by atoms with Gasteiger partial charge in [-0.1, -0.05) is 36.4 Å². The minimum Gasteiger partial charge on any atom is -0.423 e. The van der Waals surface area contributed by atoms with Crippen molar-refractivity contribution in [3.63, 3.8) is 0 Å². The molecule has 0 N–H and O–H groups in total. The highest BCUT2D eigenvalue weighted by atomic mass is 19.1. The molecule has 0 radical (unpaired) electrons. The minimum absolute atomic E-state index is 0.0271. The topological polar surface area (TPSA) is 43.4 Å². The molecule has 0 saturated heterocycles. The van der Waals surface area contributed by atoms with Crippen LogP contribution in [0.15, 0.2) is 78.4 Å². The summed E-state index contributed by atoms with van der Waals surface area (Å²) in [5.41, 5.74) is 3.51. The van der Waals surface area contributed by atoms with E-state index in [9.17, 15) is 14.0 Å². The van der Waals surface area contributed by atoms with Crippen molar-refractivity contribution in [1.82, 2.24) is 0 Å². The molecule has 4 heteroatoms. The molecule has 0 aromatic heterocycles. The third kappa shape index (κ3) is 3.55. The lowest BCUT2D eigenvalue weighted by molar-refractivity contribution is 0.0734. The maximum atomic E-state index is 13.0. The van der Waals surface area contributed by atoms with Gasteiger partial charge in [-0.3, -0.25) is 4.79 Å². The van der Waals surface area contributed by atoms with Crippen molar-refractivity contribution in [2.45, 2.75) is 6.42 Å². The number of allylic oxidation sites excluding steroid dienone is 1. The first-order valence-corrected chi connectivity index (χ1v) is 8.51. The van der Waals surface area contributed by atoms with Crippen LogP contribution < -0.4 is 4.74 Å². The van der Waals surface area contributed by atoms with Gasteiger partial charge < -0.3 is 4.74 Å². The minimum atomic E-state index is -0.566. The van der Waals surface area contributed by atoms with E-state index >= 15 is 0 Å². The zero-order valence-electron chi connectivity index (χ0n) is 14.3. The highest BCUT2D eigenvalue weighted by Gasteiger charge is 2.23. The summed E-state index contributed by atoms with van der Waals surface area (Å²) >= 11 is 0. The Hall–Kier alpha value is -3.53. The van der Waals surface area contributed by atoms with Gasteiger partial charge in [0, 0.05) is 17.6 Å². The van der Waals surface area contributed by atoms with Crippen LogP contribution in [-0.2, 0) is 6.42 Å². The predicted molar refractivity (Wildman–Crippen MR) is 100 cm³/mol. The van der Waals surface area contributed by atoms with Gasteiger partial charge in [-0.2, -0.15) is 0 Å². The van der Waals surface area contributed by atoms with Crippen molar-refractivity contribution in [2.75, 3.05) is 0 Å². The Labute approximate surface area is 155 Å². The summed E-state index contributed by atoms with van der Waals surface area (Å²) in [5.74, 6) is -0.590. The quantitative estimate of drug-likeness (QED) is 0.381. The lowest BCUT2D eigenvalue weighted by Gasteiger charge is -2.05. The second kappa shape index (κ2) is 7.00. The molecule has 0 saturated carbocycles. The maximum Gasteiger partial charge on any atom is 0.343 e. The first-order valence-electron chi connectivity index (χ1n) is 8.51. The van der Waals surface area contributed by atoms with E-state index in [1.807, 2.05) is 36.4 Å². The van der Waals surface area contributed by atoms with E-state index in [2.05, 4.69) is 0 Å². The van der Waals surface area contributed by atoms with Gasteiger partial charge in [0.2, 0.25) is 0 Å². The summed E-state index contributed by atoms with van der Waals surface area (Å²) < 4.78 is 18.3. The average molecular weight is 358 g/mol. The van der Waals surface area contributed by atoms with E-state index in [0.717, 1.165) is 16.7 Å². The summed E-state index contributed by atoms with van der Waals surface area (Å²) in [4.78, 5) is 24.7. The van der Waals surface area contributed by atoms with Gasteiger partial charge in [-0.25, -0.2) is 9.18 Å². The number of hydrogen-bond acceptors (Lipinski definition) is 3. The molecule has 0 heterocycles. The van der Waals surface area contributed by atoms with Crippen LogP contribution in [0.25, 0.3) is 6.08 Å². The summed E-state index contributed by atoms with van der Waals surface area (Å²) in [7, 11) is 0. The van der Waals surface area contributed by atoms with Crippen LogP contribution in [0.5, 0.6) is 5.75 Å². The number of halogens is 1. The molecule has 0 unspecified atom stereocenters. The Kier molecular flexibility index (Phi) is 4.38. The van der Waals surface area contributed by atoms with Gasteiger partial charge in [-0.15, -0.1) is 0 Å². The Morgan fingerprint density at radius 3 is 2.52 bits per heavy atom. The Morgan fingerprint density at radius 1 is 0.963 bits per heavy atom. The molecule has 0 aliphatic heterocycles. The molecular formula is C23H15FO3. The number of benzene rings is 3. The molecular weight excluding hydrogens is 343 g/mol. The highest BCUT2D eigenvalue weighted by Crippen LogP contribution is 2.28. The summed E-state index contributed by atoms with van der Waals surface area (Å²) in [6, 6.07) is 19.7. The number of ketones is 1. The number of esters is 1. The molecule has 1 aliphatic rings. The smallest absolute Gasteiger partial charge is 0.343 e. The second-order valence-corrected chi connectivity index (χ2v) is 6.30. The van der Waals surface area contributed by atoms with Gasteiger partial charge in [-0.05, 0) is 53.6 Å². The van der Waals surface area contributed by atoms with Crippen molar-refractivity contribution in [2.24, 2.45) is 0 Å². The molecule has 0 amide bonds. The third-order valence-electron chi connectivity index (χ3n) is 4.42. The second-order valence-electron chi connectivity index (χ2n) is 6.30. The van der Waals surface area contributed by atoms with Crippen LogP contribution in [0.2, 0.25) is 0 Å². The molecule has 132 valence electrons. The van der Waals surface area contributed by atoms with Crippen LogP contribution >= 0.6 is 0 Å². The zero-order valence-corrected chi connectivity index (χ0v) is 14.3. The summed E-state index contributed by atoms with van der Waals surface area (Å²) in [6.07, 6.45) is 2.41. The fourth-order valence-corrected chi connectivity index (χ4v) is 3.09. The fourth-order valence-electron chi connectivity index (χ4n) is 3.09. The van der Waals surface area contributed by atoms with Gasteiger partial charge in [0.25, 0.3) is 0 Å². The van der Waals surface area contributed by atoms with E-state index in [0.29, 0.717) is 17.7 Å². The zero-order chi connectivity index (χ0) is 18.8. The molecule has 0 bridgehead atoms. The van der Waals surface area contributed by atoms with Gasteiger partial charge in [0.1, 0.15) is 11.6 Å². The number of hydrogen-bond donors (Lipinski definition) is 0. The number of ether oxygens (including phenoxy) is 1. The van der Waals surface area contributed by atoms with Crippen molar-refractivity contribution in [1.29, 1.82) is 0 Å². The van der Waals surface area contributed by atoms with E-state index in [-0.39, 0.29) is 11.3 Å². The van der Waals surface area contributed by atoms with Crippen molar-refractivity contribution >= 4 is 17.8 Å². The number of carbonyl (C=O) groups excluding carboxylic acids is 2. The average Bonchev–Trinajstić information content (AvgIpc) is 2.98. The van der Waals surface area contributed by atoms with E-state index in [1.54, 1.807) is 18.2 Å². The molecule has 0 atom stereocenters. The molecule has 27 heavy (non-hydrogen) atoms. The predicted octanol–water partition coefficient (Wildman–Crippen LogP) is 4.87. The van der Waals surface area contributed by atoms with Gasteiger partial charge >= 0.3 is 5.97 Å². The lowest BCUT2D eigenvalue weighted by Crippen LogP contribution is -2.08. The van der Waals surface area contributed by atoms with E-state index in [1.165, 1.54) is 24.3 Å². The fraction of sp³-hybridized carbons (Fsp3) is 0.0435. The third-order valence-corrected chi connectivity index (χ3v) is 4.42. The molecule has 0 spiro atoms. The maximum absolute atomic E-state index is 13.0. The molecule has 0 fully saturated rings. The van der Waals surface area contributed by atoms with Crippen molar-refractivity contribution in [3.8, 4) is 5.75 Å². The molecule has 3 aromatic rings. The van der Waals surface area contributed by atoms with Crippen LogP contribution in [0, 0.1) is 5.82 Å². The van der Waals surface area contributed by atoms with E-state index in [4.69, 9.17) is 4.74 Å². The number of carbonyl (C=O) groups is 2. The molecule has 4 rings (SSSR count). The summed E-state index contributed by atoms with van der Waals surface area (Å²) in [6.45, 7) is 0. The van der Waals surface area contributed by atoms with Crippen LogP contribution in [-0.4, -0.2) is 11.8 Å². The van der Waals surface area contributed by atoms with E-state index < -0.39 is 11.8 Å². The Bertz CT molecular complexity index is 1060. The Balaban J connectivity index is 1.54. The van der Waals surface area contributed by atoms with Crippen LogP contribution in [0.3, 0.4) is 0 Å². The molecule has 3 aromatic carbocycles. The van der Waals surface area contributed by atoms with Crippen LogP contribution in [0.1, 0.15) is 31.8 Å². The summed E-state index contributed by atoms with van der Waals surface area (Å²) in [5, 5.41) is 0. The highest BCUT2D eigenvalue weighted by molar-refractivity contribution is 6.15. The van der Waals surface area contributed by atoms with Crippen molar-refractivity contribution in [3.05, 3.63) is 106 Å². The number of Topliss-reactive ketones (excluding diaryl/α,β-unsaturated/α-hetero) is 1. The van der Waals surface area contributed by atoms with Gasteiger partial charge in [0.15, 0.2) is 5.78 Å². The Morgan fingerprint density at radius 2 is 1.74 bits per heavy atom. The van der Waals surface area contributed by atoms with Crippen molar-refractivity contribution < 1.29 is 18.7 Å². The monoisotopic (exact) mass is 358 g/mol. The first kappa shape index (κ1) is 16.9. The number of rotatable bonds is 3. The molecule has 1 aliphatic carbocycles. The lowest BCUT2D eigenvalue weighted by atomic mass is 10.1. The standard InChI is InChI=1S/C23H15FO3/c24-19-10-8-16(9-11-19)23(26)27-20-6-3-4-15(13-20)12-18-14-17-5-1-2-7-21(17)22(18)25/h1-13H,14H2/b18-12+. The van der Waals surface area contributed by atoms with Crippen LogP contribution in [0.4, 0.5) is 4.39 Å². The van der Waals surface area contributed by atoms with Gasteiger partial charge in [0.05, 0.1) is 5.56 Å². The molecule has 3 nitrogen and oxygen atoms in total. The number of fused-ring (bicyclic) bond motifs is 1. The normalized spacial score (nSPS) is 14.3. The first-order chi connectivity index (χ1) is 13.1.